The van der Waals surface area contributed by atoms with Crippen molar-refractivity contribution >= 4 is 11.6 Å². The van der Waals surface area contributed by atoms with Gasteiger partial charge in [0.2, 0.25) is 0 Å². The van der Waals surface area contributed by atoms with Crippen LogP contribution in [0.1, 0.15) is 111 Å². The zero-order chi connectivity index (χ0) is 21.2. The number of hydrogen-bond donors (Lipinski definition) is 0. The maximum absolute atomic E-state index is 13.4. The van der Waals surface area contributed by atoms with E-state index in [0.29, 0.717) is 22.3 Å². The first kappa shape index (κ1) is 20.5. The third-order valence-electron chi connectivity index (χ3n) is 5.64. The first-order valence-electron chi connectivity index (χ1n) is 10.1. The van der Waals surface area contributed by atoms with Gasteiger partial charge in [0.15, 0.2) is 11.6 Å². The molecule has 0 atom stereocenters. The molecule has 2 aromatic carbocycles. The van der Waals surface area contributed by atoms with E-state index in [1.54, 1.807) is 0 Å². The fraction of sp³-hybridized carbons (Fsp3) is 0.462. The predicted octanol–water partition coefficient (Wildman–Crippen LogP) is 6.35. The van der Waals surface area contributed by atoms with E-state index in [4.69, 9.17) is 0 Å². The van der Waals surface area contributed by atoms with Crippen LogP contribution in [0.2, 0.25) is 0 Å². The summed E-state index contributed by atoms with van der Waals surface area (Å²) in [5.41, 5.74) is 5.17. The number of carbonyl (C=O) groups excluding carboxylic acids is 2. The zero-order valence-corrected chi connectivity index (χ0v) is 18.7. The van der Waals surface area contributed by atoms with Crippen LogP contribution in [-0.4, -0.2) is 11.6 Å². The van der Waals surface area contributed by atoms with Crippen LogP contribution in [0.15, 0.2) is 30.3 Å². The van der Waals surface area contributed by atoms with E-state index in [9.17, 15) is 9.59 Å². The minimum absolute atomic E-state index is 0.0401. The van der Waals surface area contributed by atoms with Crippen LogP contribution in [0.4, 0.5) is 0 Å². The molecule has 2 nitrogen and oxygen atoms in total. The van der Waals surface area contributed by atoms with E-state index >= 15 is 0 Å². The van der Waals surface area contributed by atoms with Crippen molar-refractivity contribution in [1.29, 1.82) is 0 Å². The Morgan fingerprint density at radius 3 is 1.29 bits per heavy atom. The molecule has 1 aliphatic rings. The van der Waals surface area contributed by atoms with Crippen molar-refractivity contribution in [3.63, 3.8) is 0 Å². The van der Waals surface area contributed by atoms with Gasteiger partial charge in [-0.25, -0.2) is 0 Å². The van der Waals surface area contributed by atoms with E-state index in [0.717, 1.165) is 16.7 Å². The molecule has 0 aliphatic heterocycles. The standard InChI is InChI=1S/C26H32O2/c1-24(2,3)15-10-11-16-17(12-15)23(28)19-14-21(26(7,8)9)20(25(4,5)6)13-18(19)22(16)27/h10-14H,1-9H3. The van der Waals surface area contributed by atoms with Gasteiger partial charge in [0.25, 0.3) is 0 Å². The van der Waals surface area contributed by atoms with Crippen molar-refractivity contribution in [2.45, 2.75) is 78.6 Å². The lowest BCUT2D eigenvalue weighted by Crippen LogP contribution is -2.28. The molecule has 148 valence electrons. The molecular weight excluding hydrogens is 344 g/mol. The van der Waals surface area contributed by atoms with Gasteiger partial charge in [-0.15, -0.1) is 0 Å². The Labute approximate surface area is 169 Å². The molecule has 2 aromatic rings. The smallest absolute Gasteiger partial charge is 0.194 e. The Morgan fingerprint density at radius 2 is 0.893 bits per heavy atom. The van der Waals surface area contributed by atoms with Crippen LogP contribution in [0.25, 0.3) is 0 Å². The SMILES string of the molecule is CC(C)(C)c1ccc2c(c1)C(=O)c1cc(C(C)(C)C)c(C(C)(C)C)cc1C2=O. The third-order valence-corrected chi connectivity index (χ3v) is 5.64. The molecule has 0 bridgehead atoms. The van der Waals surface area contributed by atoms with Gasteiger partial charge in [-0.3, -0.25) is 9.59 Å². The predicted molar refractivity (Wildman–Crippen MR) is 116 cm³/mol. The fourth-order valence-electron chi connectivity index (χ4n) is 3.90. The van der Waals surface area contributed by atoms with E-state index < -0.39 is 0 Å². The van der Waals surface area contributed by atoms with Gasteiger partial charge >= 0.3 is 0 Å². The van der Waals surface area contributed by atoms with Gasteiger partial charge < -0.3 is 0 Å². The van der Waals surface area contributed by atoms with Crippen molar-refractivity contribution in [3.8, 4) is 0 Å². The molecule has 28 heavy (non-hydrogen) atoms. The van der Waals surface area contributed by atoms with Crippen molar-refractivity contribution in [3.05, 3.63) is 69.3 Å². The number of ketones is 2. The average Bonchev–Trinajstić information content (AvgIpc) is 2.55. The fourth-order valence-corrected chi connectivity index (χ4v) is 3.90. The van der Waals surface area contributed by atoms with Gasteiger partial charge in [0.1, 0.15) is 0 Å². The first-order chi connectivity index (χ1) is 12.6. The Morgan fingerprint density at radius 1 is 0.500 bits per heavy atom. The molecule has 0 amide bonds. The normalized spacial score (nSPS) is 14.8. The van der Waals surface area contributed by atoms with Crippen LogP contribution in [0.5, 0.6) is 0 Å². The summed E-state index contributed by atoms with van der Waals surface area (Å²) < 4.78 is 0. The van der Waals surface area contributed by atoms with Crippen molar-refractivity contribution in [2.75, 3.05) is 0 Å². The molecule has 0 saturated heterocycles. The summed E-state index contributed by atoms with van der Waals surface area (Å²) in [7, 11) is 0. The minimum atomic E-state index is -0.117. The monoisotopic (exact) mass is 376 g/mol. The molecule has 0 saturated carbocycles. The summed E-state index contributed by atoms with van der Waals surface area (Å²) >= 11 is 0. The Hall–Kier alpha value is -2.22. The lowest BCUT2D eigenvalue weighted by Gasteiger charge is -2.32. The molecule has 0 heterocycles. The number of benzene rings is 2. The van der Waals surface area contributed by atoms with Crippen molar-refractivity contribution < 1.29 is 9.59 Å². The van der Waals surface area contributed by atoms with Gasteiger partial charge in [-0.1, -0.05) is 68.4 Å². The van der Waals surface area contributed by atoms with E-state index in [2.05, 4.69) is 62.3 Å². The maximum atomic E-state index is 13.4. The molecule has 0 aromatic heterocycles. The second kappa shape index (κ2) is 6.14. The van der Waals surface area contributed by atoms with E-state index in [1.165, 1.54) is 0 Å². The van der Waals surface area contributed by atoms with Crippen LogP contribution < -0.4 is 0 Å². The van der Waals surface area contributed by atoms with Gasteiger partial charge in [0.05, 0.1) is 0 Å². The second-order valence-electron chi connectivity index (χ2n) is 11.1. The number of hydrogen-bond acceptors (Lipinski definition) is 2. The minimum Gasteiger partial charge on any atom is -0.289 e. The van der Waals surface area contributed by atoms with E-state index in [1.807, 2.05) is 30.3 Å². The lowest BCUT2D eigenvalue weighted by atomic mass is 9.71. The zero-order valence-electron chi connectivity index (χ0n) is 18.7. The highest BCUT2D eigenvalue weighted by Gasteiger charge is 2.35. The lowest BCUT2D eigenvalue weighted by molar-refractivity contribution is 0.0978. The van der Waals surface area contributed by atoms with E-state index in [-0.39, 0.29) is 27.8 Å². The van der Waals surface area contributed by atoms with Crippen LogP contribution in [0.3, 0.4) is 0 Å². The summed E-state index contributed by atoms with van der Waals surface area (Å²) in [6, 6.07) is 9.66. The number of fused-ring (bicyclic) bond motifs is 2. The number of carbonyl (C=O) groups is 2. The molecular formula is C26H32O2. The van der Waals surface area contributed by atoms with Gasteiger partial charge in [-0.05, 0) is 57.2 Å². The molecule has 1 aliphatic carbocycles. The van der Waals surface area contributed by atoms with Crippen LogP contribution in [-0.2, 0) is 16.2 Å². The molecule has 0 spiro atoms. The van der Waals surface area contributed by atoms with Crippen LogP contribution in [0, 0.1) is 0 Å². The molecule has 0 radical (unpaired) electrons. The molecule has 0 N–H and O–H groups in total. The molecule has 0 fully saturated rings. The highest BCUT2D eigenvalue weighted by Crippen LogP contribution is 2.39. The number of rotatable bonds is 0. The molecule has 2 heteroatoms. The Balaban J connectivity index is 2.30. The third kappa shape index (κ3) is 3.34. The quantitative estimate of drug-likeness (QED) is 0.458. The molecule has 3 rings (SSSR count). The summed E-state index contributed by atoms with van der Waals surface area (Å²) in [4.78, 5) is 26.7. The summed E-state index contributed by atoms with van der Waals surface area (Å²) in [5.74, 6) is -0.0855. The van der Waals surface area contributed by atoms with Crippen LogP contribution >= 0.6 is 0 Å². The topological polar surface area (TPSA) is 34.1 Å². The van der Waals surface area contributed by atoms with Crippen molar-refractivity contribution in [2.24, 2.45) is 0 Å². The summed E-state index contributed by atoms with van der Waals surface area (Å²) in [6.45, 7) is 19.3. The van der Waals surface area contributed by atoms with Crippen molar-refractivity contribution in [1.82, 2.24) is 0 Å². The summed E-state index contributed by atoms with van der Waals surface area (Å²) in [6.07, 6.45) is 0. The maximum Gasteiger partial charge on any atom is 0.194 e. The summed E-state index contributed by atoms with van der Waals surface area (Å²) in [5, 5.41) is 0. The highest BCUT2D eigenvalue weighted by molar-refractivity contribution is 6.28. The largest absolute Gasteiger partial charge is 0.289 e. The van der Waals surface area contributed by atoms with Gasteiger partial charge in [-0.2, -0.15) is 0 Å². The first-order valence-corrected chi connectivity index (χ1v) is 10.1. The molecule has 0 unspecified atom stereocenters. The average molecular weight is 377 g/mol. The second-order valence-corrected chi connectivity index (χ2v) is 11.1. The Bertz CT molecular complexity index is 987. The Kier molecular flexibility index (Phi) is 4.50. The van der Waals surface area contributed by atoms with Gasteiger partial charge in [0, 0.05) is 22.3 Å². The highest BCUT2D eigenvalue weighted by atomic mass is 16.1.